The second kappa shape index (κ2) is 3.33. The average molecular weight is 222 g/mol. The predicted octanol–water partition coefficient (Wildman–Crippen LogP) is 0.311. The Hall–Kier alpha value is -2.38. The molecule has 2 rings (SSSR count). The zero-order valence-electron chi connectivity index (χ0n) is 8.78. The normalized spacial score (nSPS) is 10.6. The van der Waals surface area contributed by atoms with E-state index in [1.165, 1.54) is 15.4 Å². The Morgan fingerprint density at radius 1 is 1.50 bits per heavy atom. The maximum absolute atomic E-state index is 10.6. The van der Waals surface area contributed by atoms with Crippen molar-refractivity contribution in [2.24, 2.45) is 14.1 Å². The van der Waals surface area contributed by atoms with E-state index in [1.54, 1.807) is 20.2 Å². The lowest BCUT2D eigenvalue weighted by atomic mass is 10.4. The van der Waals surface area contributed by atoms with Crippen molar-refractivity contribution in [2.45, 2.75) is 0 Å². The molecule has 16 heavy (non-hydrogen) atoms. The van der Waals surface area contributed by atoms with Crippen LogP contribution in [0.15, 0.2) is 12.3 Å². The Balaban J connectivity index is 2.53. The number of hydrogen-bond acceptors (Lipinski definition) is 5. The van der Waals surface area contributed by atoms with Gasteiger partial charge in [0.25, 0.3) is 0 Å². The van der Waals surface area contributed by atoms with Crippen molar-refractivity contribution in [1.29, 1.82) is 0 Å². The molecule has 0 bridgehead atoms. The third-order valence-electron chi connectivity index (χ3n) is 2.30. The molecular weight excluding hydrogens is 212 g/mol. The predicted molar refractivity (Wildman–Crippen MR) is 56.5 cm³/mol. The van der Waals surface area contributed by atoms with Gasteiger partial charge < -0.3 is 15.8 Å². The van der Waals surface area contributed by atoms with Gasteiger partial charge in [0.1, 0.15) is 12.0 Å². The molecule has 2 heterocycles. The van der Waals surface area contributed by atoms with Crippen LogP contribution in [0.2, 0.25) is 0 Å². The summed E-state index contributed by atoms with van der Waals surface area (Å²) < 4.78 is 2.84. The Bertz CT molecular complexity index is 535. The molecule has 0 amide bonds. The van der Waals surface area contributed by atoms with Crippen molar-refractivity contribution in [3.63, 3.8) is 0 Å². The summed E-state index contributed by atoms with van der Waals surface area (Å²) in [6.45, 7) is 0. The van der Waals surface area contributed by atoms with Gasteiger partial charge in [0, 0.05) is 13.1 Å². The minimum atomic E-state index is -0.497. The van der Waals surface area contributed by atoms with Gasteiger partial charge in [-0.05, 0) is 4.92 Å². The van der Waals surface area contributed by atoms with Crippen LogP contribution >= 0.6 is 0 Å². The molecule has 0 saturated heterocycles. The summed E-state index contributed by atoms with van der Waals surface area (Å²) in [4.78, 5) is 14.1. The Kier molecular flexibility index (Phi) is 2.11. The molecule has 2 aromatic rings. The van der Waals surface area contributed by atoms with Crippen molar-refractivity contribution in [3.05, 3.63) is 22.4 Å². The number of nitrogens with two attached hydrogens (primary N) is 1. The lowest BCUT2D eigenvalue weighted by molar-refractivity contribution is -0.391. The largest absolute Gasteiger partial charge is 0.384 e. The molecule has 0 aliphatic rings. The van der Waals surface area contributed by atoms with Crippen LogP contribution in [-0.4, -0.2) is 24.3 Å². The fraction of sp³-hybridized carbons (Fsp3) is 0.250. The first-order valence-corrected chi connectivity index (χ1v) is 4.46. The molecule has 0 fully saturated rings. The van der Waals surface area contributed by atoms with Gasteiger partial charge >= 0.3 is 5.82 Å². The monoisotopic (exact) mass is 222 g/mol. The van der Waals surface area contributed by atoms with Crippen LogP contribution in [0.3, 0.4) is 0 Å². The number of nitrogens with zero attached hydrogens (tertiary/aromatic N) is 5. The fourth-order valence-corrected chi connectivity index (χ4v) is 1.40. The molecule has 0 aliphatic heterocycles. The third-order valence-corrected chi connectivity index (χ3v) is 2.30. The summed E-state index contributed by atoms with van der Waals surface area (Å²) in [5, 5.41) is 14.7. The minimum absolute atomic E-state index is 0.0841. The van der Waals surface area contributed by atoms with E-state index in [1.807, 2.05) is 0 Å². The molecule has 8 nitrogen and oxygen atoms in total. The maximum atomic E-state index is 10.6. The van der Waals surface area contributed by atoms with E-state index < -0.39 is 4.92 Å². The molecule has 0 spiro atoms. The summed E-state index contributed by atoms with van der Waals surface area (Å²) >= 11 is 0. The van der Waals surface area contributed by atoms with Crippen molar-refractivity contribution in [2.75, 3.05) is 5.73 Å². The second-order valence-corrected chi connectivity index (χ2v) is 3.33. The van der Waals surface area contributed by atoms with E-state index in [-0.39, 0.29) is 5.82 Å². The van der Waals surface area contributed by atoms with Crippen molar-refractivity contribution in [1.82, 2.24) is 19.3 Å². The molecule has 0 aliphatic carbocycles. The molecule has 0 unspecified atom stereocenters. The molecule has 2 aromatic heterocycles. The molecule has 0 saturated carbocycles. The van der Waals surface area contributed by atoms with Crippen LogP contribution in [0.25, 0.3) is 11.5 Å². The van der Waals surface area contributed by atoms with Crippen LogP contribution in [0.1, 0.15) is 0 Å². The smallest absolute Gasteiger partial charge is 0.342 e. The molecule has 0 atom stereocenters. The first-order chi connectivity index (χ1) is 7.50. The van der Waals surface area contributed by atoms with E-state index >= 15 is 0 Å². The summed E-state index contributed by atoms with van der Waals surface area (Å²) in [6, 6.07) is 1.62. The van der Waals surface area contributed by atoms with Crippen LogP contribution in [-0.2, 0) is 14.1 Å². The van der Waals surface area contributed by atoms with Gasteiger partial charge in [0.15, 0.2) is 5.69 Å². The molecule has 8 heteroatoms. The molecule has 84 valence electrons. The molecule has 0 aromatic carbocycles. The Labute approximate surface area is 90.5 Å². The number of anilines is 1. The van der Waals surface area contributed by atoms with Crippen molar-refractivity contribution in [3.8, 4) is 11.5 Å². The fourth-order valence-electron chi connectivity index (χ4n) is 1.40. The van der Waals surface area contributed by atoms with Crippen LogP contribution < -0.4 is 5.73 Å². The second-order valence-electron chi connectivity index (χ2n) is 3.33. The first-order valence-electron chi connectivity index (χ1n) is 4.46. The van der Waals surface area contributed by atoms with Gasteiger partial charge in [0.2, 0.25) is 5.82 Å². The standard InChI is InChI=1S/C8H10N6O2/c1-12-7(14(15)16)4-10-8(12)5-3-6(9)13(2)11-5/h3-4H,9H2,1-2H3. The highest BCUT2D eigenvalue weighted by molar-refractivity contribution is 5.56. The lowest BCUT2D eigenvalue weighted by Gasteiger charge is -1.95. The van der Waals surface area contributed by atoms with Crippen LogP contribution in [0.4, 0.5) is 11.6 Å². The van der Waals surface area contributed by atoms with Crippen molar-refractivity contribution >= 4 is 11.6 Å². The summed E-state index contributed by atoms with van der Waals surface area (Å²) in [7, 11) is 3.25. The maximum Gasteiger partial charge on any atom is 0.342 e. The third kappa shape index (κ3) is 1.40. The van der Waals surface area contributed by atoms with Gasteiger partial charge in [0.05, 0.1) is 7.05 Å². The van der Waals surface area contributed by atoms with E-state index in [9.17, 15) is 10.1 Å². The summed E-state index contributed by atoms with van der Waals surface area (Å²) in [5.74, 6) is 0.805. The topological polar surface area (TPSA) is 105 Å². The number of aromatic nitrogens is 4. The van der Waals surface area contributed by atoms with Gasteiger partial charge in [-0.25, -0.2) is 9.55 Å². The van der Waals surface area contributed by atoms with Crippen LogP contribution in [0.5, 0.6) is 0 Å². The molecule has 2 N–H and O–H groups in total. The summed E-state index contributed by atoms with van der Waals surface area (Å²) in [5.41, 5.74) is 6.13. The lowest BCUT2D eigenvalue weighted by Crippen LogP contribution is -2.00. The van der Waals surface area contributed by atoms with E-state index in [4.69, 9.17) is 5.73 Å². The molecular formula is C8H10N6O2. The quantitative estimate of drug-likeness (QED) is 0.581. The van der Waals surface area contributed by atoms with Gasteiger partial charge in [-0.2, -0.15) is 5.10 Å². The minimum Gasteiger partial charge on any atom is -0.384 e. The van der Waals surface area contributed by atoms with Gasteiger partial charge in [-0.3, -0.25) is 4.68 Å². The number of imidazole rings is 1. The number of nitro groups is 1. The highest BCUT2D eigenvalue weighted by Gasteiger charge is 2.20. The average Bonchev–Trinajstić information content (AvgIpc) is 2.71. The molecule has 0 radical (unpaired) electrons. The van der Waals surface area contributed by atoms with Crippen LogP contribution in [0, 0.1) is 10.1 Å². The highest BCUT2D eigenvalue weighted by Crippen LogP contribution is 2.22. The van der Waals surface area contributed by atoms with Gasteiger partial charge in [-0.15, -0.1) is 0 Å². The SMILES string of the molecule is Cn1nc(-c2ncc([N+](=O)[O-])n2C)cc1N. The van der Waals surface area contributed by atoms with Gasteiger partial charge in [-0.1, -0.05) is 0 Å². The zero-order chi connectivity index (χ0) is 11.9. The highest BCUT2D eigenvalue weighted by atomic mass is 16.6. The summed E-state index contributed by atoms with van der Waals surface area (Å²) in [6.07, 6.45) is 1.19. The number of nitrogen functional groups attached to an aromatic ring is 1. The number of hydrogen-bond donors (Lipinski definition) is 1. The van der Waals surface area contributed by atoms with E-state index in [2.05, 4.69) is 10.1 Å². The van der Waals surface area contributed by atoms with E-state index in [0.29, 0.717) is 17.3 Å². The number of aryl methyl sites for hydroxylation is 1. The number of rotatable bonds is 2. The zero-order valence-corrected chi connectivity index (χ0v) is 8.78. The Morgan fingerprint density at radius 3 is 2.62 bits per heavy atom. The van der Waals surface area contributed by atoms with Crippen molar-refractivity contribution < 1.29 is 4.92 Å². The first kappa shape index (κ1) is 10.1. The van der Waals surface area contributed by atoms with E-state index in [0.717, 1.165) is 0 Å². The Morgan fingerprint density at radius 2 is 2.19 bits per heavy atom.